The lowest BCUT2D eigenvalue weighted by Gasteiger charge is -2.33. The molecule has 5 heteroatoms. The summed E-state index contributed by atoms with van der Waals surface area (Å²) in [6, 6.07) is 18.0. The topological polar surface area (TPSA) is 44.4 Å². The Labute approximate surface area is 149 Å². The molecular weight excluding hydrogens is 322 g/mol. The Balaban J connectivity index is 0.00000208. The molecule has 4 nitrogen and oxygen atoms in total. The highest BCUT2D eigenvalue weighted by atomic mass is 35.5. The number of benzene rings is 2. The molecular formula is C19H24ClN3O. The van der Waals surface area contributed by atoms with Gasteiger partial charge in [-0.05, 0) is 36.8 Å². The molecule has 0 unspecified atom stereocenters. The number of anilines is 1. The molecule has 1 aliphatic heterocycles. The molecule has 1 amide bonds. The summed E-state index contributed by atoms with van der Waals surface area (Å²) in [5.41, 5.74) is 2.75. The molecule has 3 rings (SSSR count). The van der Waals surface area contributed by atoms with E-state index in [2.05, 4.69) is 34.6 Å². The van der Waals surface area contributed by atoms with Crippen LogP contribution in [0.25, 0.3) is 0 Å². The van der Waals surface area contributed by atoms with E-state index in [1.165, 1.54) is 5.56 Å². The number of carbonyl (C=O) groups excluding carboxylic acids is 1. The lowest BCUT2D eigenvalue weighted by Crippen LogP contribution is -2.49. The van der Waals surface area contributed by atoms with Gasteiger partial charge in [0, 0.05) is 43.5 Å². The summed E-state index contributed by atoms with van der Waals surface area (Å²) < 4.78 is 0. The van der Waals surface area contributed by atoms with Gasteiger partial charge in [-0.3, -0.25) is 9.69 Å². The molecule has 0 bridgehead atoms. The fourth-order valence-electron chi connectivity index (χ4n) is 2.84. The third-order valence-electron chi connectivity index (χ3n) is 4.27. The summed E-state index contributed by atoms with van der Waals surface area (Å²) in [6.07, 6.45) is 0. The lowest BCUT2D eigenvalue weighted by atomic mass is 10.1. The average molecular weight is 346 g/mol. The largest absolute Gasteiger partial charge is 0.322 e. The van der Waals surface area contributed by atoms with Crippen molar-refractivity contribution in [2.45, 2.75) is 19.5 Å². The summed E-state index contributed by atoms with van der Waals surface area (Å²) in [7, 11) is 0. The van der Waals surface area contributed by atoms with Gasteiger partial charge in [-0.15, -0.1) is 12.4 Å². The maximum absolute atomic E-state index is 12.2. The van der Waals surface area contributed by atoms with Crippen molar-refractivity contribution in [2.75, 3.05) is 25.0 Å². The monoisotopic (exact) mass is 345 g/mol. The van der Waals surface area contributed by atoms with Crippen LogP contribution in [0.3, 0.4) is 0 Å². The summed E-state index contributed by atoms with van der Waals surface area (Å²) >= 11 is 0. The zero-order valence-electron chi connectivity index (χ0n) is 13.9. The van der Waals surface area contributed by atoms with Crippen molar-refractivity contribution in [3.63, 3.8) is 0 Å². The number of carbonyl (C=O) groups is 1. The van der Waals surface area contributed by atoms with Crippen LogP contribution in [-0.4, -0.2) is 36.5 Å². The molecule has 128 valence electrons. The smallest absolute Gasteiger partial charge is 0.255 e. The standard InChI is InChI=1S/C19H23N3O.ClH/c1-15-13-20-11-12-22(15)14-16-7-9-17(10-8-16)19(23)21-18-5-3-2-4-6-18;/h2-10,15,20H,11-14H2,1H3,(H,21,23);1H/t15-;/m0./s1. The van der Waals surface area contributed by atoms with E-state index in [4.69, 9.17) is 0 Å². The lowest BCUT2D eigenvalue weighted by molar-refractivity contribution is 0.102. The molecule has 0 aromatic heterocycles. The summed E-state index contributed by atoms with van der Waals surface area (Å²) in [5.74, 6) is -0.0710. The third kappa shape index (κ3) is 4.81. The number of para-hydroxylation sites is 1. The van der Waals surface area contributed by atoms with E-state index < -0.39 is 0 Å². The molecule has 0 spiro atoms. The number of nitrogens with one attached hydrogen (secondary N) is 2. The van der Waals surface area contributed by atoms with Gasteiger partial charge in [-0.25, -0.2) is 0 Å². The Morgan fingerprint density at radius 3 is 2.54 bits per heavy atom. The summed E-state index contributed by atoms with van der Waals surface area (Å²) in [6.45, 7) is 6.33. The van der Waals surface area contributed by atoms with E-state index in [1.54, 1.807) is 0 Å². The van der Waals surface area contributed by atoms with Gasteiger partial charge in [0.1, 0.15) is 0 Å². The first-order chi connectivity index (χ1) is 11.2. The fraction of sp³-hybridized carbons (Fsp3) is 0.316. The number of piperazine rings is 1. The van der Waals surface area contributed by atoms with Crippen molar-refractivity contribution in [3.8, 4) is 0 Å². The number of amides is 1. The minimum absolute atomic E-state index is 0. The van der Waals surface area contributed by atoms with Gasteiger partial charge < -0.3 is 10.6 Å². The van der Waals surface area contributed by atoms with Crippen molar-refractivity contribution in [3.05, 3.63) is 65.7 Å². The second-order valence-electron chi connectivity index (χ2n) is 6.04. The Morgan fingerprint density at radius 2 is 1.88 bits per heavy atom. The van der Waals surface area contributed by atoms with E-state index >= 15 is 0 Å². The first-order valence-corrected chi connectivity index (χ1v) is 8.12. The van der Waals surface area contributed by atoms with E-state index in [-0.39, 0.29) is 18.3 Å². The minimum atomic E-state index is -0.0710. The number of rotatable bonds is 4. The van der Waals surface area contributed by atoms with Crippen LogP contribution in [-0.2, 0) is 6.54 Å². The van der Waals surface area contributed by atoms with Crippen molar-refractivity contribution in [1.29, 1.82) is 0 Å². The van der Waals surface area contributed by atoms with Crippen LogP contribution in [0.2, 0.25) is 0 Å². The van der Waals surface area contributed by atoms with Gasteiger partial charge in [0.15, 0.2) is 0 Å². The molecule has 2 N–H and O–H groups in total. The molecule has 2 aromatic rings. The molecule has 1 fully saturated rings. The summed E-state index contributed by atoms with van der Waals surface area (Å²) in [4.78, 5) is 14.7. The number of nitrogens with zero attached hydrogens (tertiary/aromatic N) is 1. The Bertz CT molecular complexity index is 645. The van der Waals surface area contributed by atoms with Gasteiger partial charge in [0.05, 0.1) is 0 Å². The van der Waals surface area contributed by atoms with E-state index in [1.807, 2.05) is 42.5 Å². The predicted molar refractivity (Wildman–Crippen MR) is 101 cm³/mol. The minimum Gasteiger partial charge on any atom is -0.322 e. The van der Waals surface area contributed by atoms with E-state index in [0.29, 0.717) is 11.6 Å². The highest BCUT2D eigenvalue weighted by Gasteiger charge is 2.17. The number of hydrogen-bond acceptors (Lipinski definition) is 3. The van der Waals surface area contributed by atoms with Gasteiger partial charge in [-0.2, -0.15) is 0 Å². The first kappa shape index (κ1) is 18.5. The molecule has 2 aromatic carbocycles. The van der Waals surface area contributed by atoms with Crippen molar-refractivity contribution < 1.29 is 4.79 Å². The van der Waals surface area contributed by atoms with Gasteiger partial charge >= 0.3 is 0 Å². The van der Waals surface area contributed by atoms with Crippen LogP contribution in [0.1, 0.15) is 22.8 Å². The molecule has 0 aliphatic carbocycles. The fourth-order valence-corrected chi connectivity index (χ4v) is 2.84. The highest BCUT2D eigenvalue weighted by molar-refractivity contribution is 6.04. The van der Waals surface area contributed by atoms with Crippen LogP contribution >= 0.6 is 12.4 Å². The van der Waals surface area contributed by atoms with Gasteiger partial charge in [-0.1, -0.05) is 30.3 Å². The maximum Gasteiger partial charge on any atom is 0.255 e. The molecule has 1 aliphatic rings. The zero-order valence-corrected chi connectivity index (χ0v) is 14.7. The molecule has 24 heavy (non-hydrogen) atoms. The van der Waals surface area contributed by atoms with Crippen molar-refractivity contribution in [2.24, 2.45) is 0 Å². The normalized spacial score (nSPS) is 17.8. The quantitative estimate of drug-likeness (QED) is 0.894. The predicted octanol–water partition coefficient (Wildman–Crippen LogP) is 3.15. The Morgan fingerprint density at radius 1 is 1.17 bits per heavy atom. The number of hydrogen-bond donors (Lipinski definition) is 2. The van der Waals surface area contributed by atoms with E-state index in [9.17, 15) is 4.79 Å². The van der Waals surface area contributed by atoms with Crippen molar-refractivity contribution >= 4 is 24.0 Å². The van der Waals surface area contributed by atoms with Gasteiger partial charge in [0.25, 0.3) is 5.91 Å². The average Bonchev–Trinajstić information content (AvgIpc) is 2.58. The third-order valence-corrected chi connectivity index (χ3v) is 4.27. The van der Waals surface area contributed by atoms with Crippen LogP contribution in [0.5, 0.6) is 0 Å². The molecule has 1 saturated heterocycles. The van der Waals surface area contributed by atoms with Gasteiger partial charge in [0.2, 0.25) is 0 Å². The van der Waals surface area contributed by atoms with Crippen molar-refractivity contribution in [1.82, 2.24) is 10.2 Å². The van der Waals surface area contributed by atoms with Crippen LogP contribution in [0.15, 0.2) is 54.6 Å². The van der Waals surface area contributed by atoms with Crippen LogP contribution in [0.4, 0.5) is 5.69 Å². The first-order valence-electron chi connectivity index (χ1n) is 8.12. The Kier molecular flexibility index (Phi) is 6.79. The van der Waals surface area contributed by atoms with Crippen LogP contribution < -0.4 is 10.6 Å². The summed E-state index contributed by atoms with van der Waals surface area (Å²) in [5, 5.41) is 6.31. The Hall–Kier alpha value is -1.88. The SMILES string of the molecule is C[C@H]1CNCCN1Cc1ccc(C(=O)Nc2ccccc2)cc1.Cl. The molecule has 0 radical (unpaired) electrons. The second kappa shape index (κ2) is 8.83. The highest BCUT2D eigenvalue weighted by Crippen LogP contribution is 2.13. The second-order valence-corrected chi connectivity index (χ2v) is 6.04. The number of halogens is 1. The van der Waals surface area contributed by atoms with E-state index in [0.717, 1.165) is 31.9 Å². The zero-order chi connectivity index (χ0) is 16.1. The molecule has 0 saturated carbocycles. The molecule has 1 heterocycles. The molecule has 1 atom stereocenters. The van der Waals surface area contributed by atoms with Crippen LogP contribution in [0, 0.1) is 0 Å². The maximum atomic E-state index is 12.2.